The number of nitrogens with one attached hydrogen (secondary N) is 2. The minimum atomic E-state index is -4.03. The monoisotopic (exact) mass is 591 g/mol. The van der Waals surface area contributed by atoms with Gasteiger partial charge in [0.2, 0.25) is 0 Å². The van der Waals surface area contributed by atoms with Crippen LogP contribution in [0.3, 0.4) is 0 Å². The Bertz CT molecular complexity index is 1190. The highest BCUT2D eigenvalue weighted by molar-refractivity contribution is 14.1. The largest absolute Gasteiger partial charge is 0.468 e. The summed E-state index contributed by atoms with van der Waals surface area (Å²) in [4.78, 5) is 37.7. The first-order valence-electron chi connectivity index (χ1n) is 9.81. The summed E-state index contributed by atoms with van der Waals surface area (Å²) in [6, 6.07) is 5.80. The van der Waals surface area contributed by atoms with E-state index in [4.69, 9.17) is 13.8 Å². The molecular weight excluding hydrogens is 568 g/mol. The molecule has 0 saturated carbocycles. The molecule has 0 fully saturated rings. The average Bonchev–Trinajstić information content (AvgIpc) is 3.25. The normalized spacial score (nSPS) is 20.2. The van der Waals surface area contributed by atoms with Crippen LogP contribution >= 0.6 is 30.3 Å². The number of nitrogens with zero attached hydrogens (tertiary/aromatic N) is 1. The third-order valence-corrected chi connectivity index (χ3v) is 6.94. The molecule has 1 unspecified atom stereocenters. The molecule has 0 saturated heterocycles. The standard InChI is InChI=1S/C20H23IN3O8P/c1-12-10-24(20(27)22-18(12)25)17-9-8-16(31-17)11-30-33(28,23-13(2)19(26)29-3)32-15-6-4-14(21)5-7-15/h4-10,13,16-17H,11H2,1-3H3,(H,23,28)(H,22,25,27)/t13-,16-,17+,33?/m0/s1. The van der Waals surface area contributed by atoms with E-state index in [2.05, 4.69) is 37.4 Å². The van der Waals surface area contributed by atoms with Crippen molar-refractivity contribution >= 4 is 36.3 Å². The van der Waals surface area contributed by atoms with E-state index >= 15 is 0 Å². The van der Waals surface area contributed by atoms with Gasteiger partial charge in [-0.05, 0) is 66.8 Å². The van der Waals surface area contributed by atoms with Crippen molar-refractivity contribution in [3.05, 3.63) is 72.6 Å². The summed E-state index contributed by atoms with van der Waals surface area (Å²) in [5.74, 6) is -0.366. The van der Waals surface area contributed by atoms with Crippen molar-refractivity contribution in [2.24, 2.45) is 0 Å². The van der Waals surface area contributed by atoms with Crippen molar-refractivity contribution in [2.45, 2.75) is 32.2 Å². The third-order valence-electron chi connectivity index (χ3n) is 4.58. The van der Waals surface area contributed by atoms with Gasteiger partial charge in [-0.3, -0.25) is 23.7 Å². The summed E-state index contributed by atoms with van der Waals surface area (Å²) in [7, 11) is -2.82. The SMILES string of the molecule is COC(=O)[C@H](C)NP(=O)(OC[C@@H]1C=C[C@H](n2cc(C)c(=O)[nH]c2=O)O1)Oc1ccc(I)cc1. The molecule has 1 aromatic carbocycles. The molecule has 33 heavy (non-hydrogen) atoms. The van der Waals surface area contributed by atoms with E-state index in [0.29, 0.717) is 5.56 Å². The number of carbonyl (C=O) groups is 1. The number of rotatable bonds is 9. The van der Waals surface area contributed by atoms with Gasteiger partial charge in [0, 0.05) is 15.3 Å². The maximum Gasteiger partial charge on any atom is 0.459 e. The molecule has 1 aliphatic heterocycles. The number of carbonyl (C=O) groups excluding carboxylic acids is 1. The molecule has 178 valence electrons. The summed E-state index contributed by atoms with van der Waals surface area (Å²) in [6.07, 6.45) is 3.20. The van der Waals surface area contributed by atoms with Gasteiger partial charge in [-0.1, -0.05) is 6.08 Å². The molecule has 1 aliphatic rings. The van der Waals surface area contributed by atoms with Gasteiger partial charge in [0.1, 0.15) is 17.9 Å². The van der Waals surface area contributed by atoms with E-state index in [9.17, 15) is 18.9 Å². The highest BCUT2D eigenvalue weighted by Gasteiger charge is 2.34. The highest BCUT2D eigenvalue weighted by atomic mass is 127. The predicted molar refractivity (Wildman–Crippen MR) is 127 cm³/mol. The zero-order chi connectivity index (χ0) is 24.2. The van der Waals surface area contributed by atoms with E-state index < -0.39 is 43.3 Å². The van der Waals surface area contributed by atoms with Crippen LogP contribution in [0.1, 0.15) is 18.7 Å². The Kier molecular flexibility index (Phi) is 8.29. The Labute approximate surface area is 202 Å². The maximum atomic E-state index is 13.4. The number of methoxy groups -OCH3 is 1. The third kappa shape index (κ3) is 6.64. The molecule has 0 aliphatic carbocycles. The Morgan fingerprint density at radius 1 is 1.30 bits per heavy atom. The summed E-state index contributed by atoms with van der Waals surface area (Å²) in [5, 5.41) is 2.56. The number of aromatic nitrogens is 2. The van der Waals surface area contributed by atoms with Crippen LogP contribution in [0.2, 0.25) is 0 Å². The van der Waals surface area contributed by atoms with Gasteiger partial charge in [-0.15, -0.1) is 0 Å². The zero-order valence-corrected chi connectivity index (χ0v) is 21.1. The van der Waals surface area contributed by atoms with Gasteiger partial charge in [0.15, 0.2) is 6.23 Å². The van der Waals surface area contributed by atoms with Crippen molar-refractivity contribution in [1.82, 2.24) is 14.6 Å². The van der Waals surface area contributed by atoms with Crippen LogP contribution in [0.4, 0.5) is 0 Å². The van der Waals surface area contributed by atoms with Crippen molar-refractivity contribution in [2.75, 3.05) is 13.7 Å². The number of H-pyrrole nitrogens is 1. The van der Waals surface area contributed by atoms with Gasteiger partial charge < -0.3 is 14.0 Å². The molecule has 0 bridgehead atoms. The fraction of sp³-hybridized carbons (Fsp3) is 0.350. The summed E-state index contributed by atoms with van der Waals surface area (Å²) >= 11 is 2.12. The summed E-state index contributed by atoms with van der Waals surface area (Å²) < 4.78 is 37.2. The number of ether oxygens (including phenoxy) is 2. The predicted octanol–water partition coefficient (Wildman–Crippen LogP) is 2.26. The second-order valence-electron chi connectivity index (χ2n) is 7.14. The second-order valence-corrected chi connectivity index (χ2v) is 10.1. The van der Waals surface area contributed by atoms with Gasteiger partial charge in [-0.25, -0.2) is 9.36 Å². The van der Waals surface area contributed by atoms with E-state index in [0.717, 1.165) is 3.57 Å². The number of aromatic amines is 1. The fourth-order valence-corrected chi connectivity index (χ4v) is 4.74. The van der Waals surface area contributed by atoms with Gasteiger partial charge in [0.25, 0.3) is 5.56 Å². The van der Waals surface area contributed by atoms with E-state index in [1.807, 2.05) is 0 Å². The smallest absolute Gasteiger partial charge is 0.459 e. The minimum Gasteiger partial charge on any atom is -0.468 e. The molecule has 0 radical (unpaired) electrons. The summed E-state index contributed by atoms with van der Waals surface area (Å²) in [5.41, 5.74) is -0.747. The molecule has 2 aromatic rings. The molecule has 4 atom stereocenters. The fourth-order valence-electron chi connectivity index (χ4n) is 2.88. The number of aryl methyl sites for hydroxylation is 1. The summed E-state index contributed by atoms with van der Waals surface area (Å²) in [6.45, 7) is 2.83. The van der Waals surface area contributed by atoms with Crippen LogP contribution in [0.5, 0.6) is 5.75 Å². The van der Waals surface area contributed by atoms with Crippen LogP contribution in [-0.4, -0.2) is 41.4 Å². The lowest BCUT2D eigenvalue weighted by atomic mass is 10.3. The van der Waals surface area contributed by atoms with Gasteiger partial charge >= 0.3 is 19.4 Å². The Balaban J connectivity index is 1.71. The molecular formula is C20H23IN3O8P. The van der Waals surface area contributed by atoms with Crippen molar-refractivity contribution < 1.29 is 27.9 Å². The Morgan fingerprint density at radius 2 is 2.00 bits per heavy atom. The molecule has 0 amide bonds. The number of esters is 1. The number of hydrogen-bond acceptors (Lipinski definition) is 8. The van der Waals surface area contributed by atoms with Gasteiger partial charge in [0.05, 0.1) is 13.7 Å². The number of benzene rings is 1. The number of halogens is 1. The minimum absolute atomic E-state index is 0.202. The lowest BCUT2D eigenvalue weighted by Gasteiger charge is -2.24. The molecule has 2 N–H and O–H groups in total. The van der Waals surface area contributed by atoms with Crippen LogP contribution < -0.4 is 20.9 Å². The van der Waals surface area contributed by atoms with Crippen molar-refractivity contribution in [3.63, 3.8) is 0 Å². The lowest BCUT2D eigenvalue weighted by molar-refractivity contribution is -0.142. The maximum absolute atomic E-state index is 13.4. The highest BCUT2D eigenvalue weighted by Crippen LogP contribution is 2.45. The Hall–Kier alpha value is -2.25. The Morgan fingerprint density at radius 3 is 2.67 bits per heavy atom. The van der Waals surface area contributed by atoms with E-state index in [1.165, 1.54) is 24.8 Å². The first kappa shape index (κ1) is 25.4. The molecule has 2 heterocycles. The zero-order valence-electron chi connectivity index (χ0n) is 18.0. The lowest BCUT2D eigenvalue weighted by Crippen LogP contribution is -2.35. The first-order chi connectivity index (χ1) is 15.6. The van der Waals surface area contributed by atoms with Crippen LogP contribution in [0, 0.1) is 10.5 Å². The molecule has 0 spiro atoms. The first-order valence-corrected chi connectivity index (χ1v) is 12.4. The molecule has 11 nitrogen and oxygen atoms in total. The van der Waals surface area contributed by atoms with E-state index in [1.54, 1.807) is 43.3 Å². The average molecular weight is 591 g/mol. The van der Waals surface area contributed by atoms with Crippen LogP contribution in [0.25, 0.3) is 0 Å². The topological polar surface area (TPSA) is 138 Å². The van der Waals surface area contributed by atoms with Crippen LogP contribution in [-0.2, 0) is 23.4 Å². The molecule has 13 heteroatoms. The quantitative estimate of drug-likeness (QED) is 0.195. The van der Waals surface area contributed by atoms with Crippen molar-refractivity contribution in [3.8, 4) is 5.75 Å². The molecule has 3 rings (SSSR count). The number of hydrogen-bond donors (Lipinski definition) is 2. The van der Waals surface area contributed by atoms with Crippen molar-refractivity contribution in [1.29, 1.82) is 0 Å². The second kappa shape index (κ2) is 10.8. The molecule has 1 aromatic heterocycles. The van der Waals surface area contributed by atoms with Gasteiger partial charge in [-0.2, -0.15) is 5.09 Å². The van der Waals surface area contributed by atoms with E-state index in [-0.39, 0.29) is 12.4 Å². The van der Waals surface area contributed by atoms with Crippen LogP contribution in [0.15, 0.2) is 52.2 Å².